The normalized spacial score (nSPS) is 9.64. The van der Waals surface area contributed by atoms with Crippen LogP contribution in [0.15, 0.2) is 27.1 Å². The predicted molar refractivity (Wildman–Crippen MR) is 50.4 cm³/mol. The van der Waals surface area contributed by atoms with E-state index in [2.05, 4.69) is 31.9 Å². The van der Waals surface area contributed by atoms with Gasteiger partial charge in [0.1, 0.15) is 0 Å². The molecule has 1 amide bonds. The lowest BCUT2D eigenvalue weighted by atomic mass is 10.2. The molecular formula is C7H5Br2NO. The van der Waals surface area contributed by atoms with E-state index in [9.17, 15) is 4.79 Å². The van der Waals surface area contributed by atoms with Crippen LogP contribution in [0.5, 0.6) is 0 Å². The summed E-state index contributed by atoms with van der Waals surface area (Å²) in [6, 6.07) is 5.36. The summed E-state index contributed by atoms with van der Waals surface area (Å²) < 4.78 is 1.42. The average Bonchev–Trinajstić information content (AvgIpc) is 1.85. The van der Waals surface area contributed by atoms with Gasteiger partial charge in [-0.3, -0.25) is 4.79 Å². The van der Waals surface area contributed by atoms with Crippen LogP contribution in [0, 0.1) is 0 Å². The molecule has 0 bridgehead atoms. The Kier molecular flexibility index (Phi) is 2.67. The van der Waals surface area contributed by atoms with Crippen molar-refractivity contribution in [2.45, 2.75) is 0 Å². The number of carbonyl (C=O) groups is 1. The van der Waals surface area contributed by atoms with Gasteiger partial charge in [0.15, 0.2) is 0 Å². The van der Waals surface area contributed by atoms with E-state index in [0.717, 1.165) is 0 Å². The molecule has 58 valence electrons. The Balaban J connectivity index is 3.32. The molecule has 11 heavy (non-hydrogen) atoms. The number of benzene rings is 1. The summed E-state index contributed by atoms with van der Waals surface area (Å²) >= 11 is 6.43. The van der Waals surface area contributed by atoms with Crippen LogP contribution >= 0.6 is 31.9 Å². The minimum Gasteiger partial charge on any atom is -0.366 e. The molecule has 0 unspecified atom stereocenters. The highest BCUT2D eigenvalue weighted by Gasteiger charge is 2.08. The largest absolute Gasteiger partial charge is 0.366 e. The summed E-state index contributed by atoms with van der Waals surface area (Å²) in [5, 5.41) is 0. The van der Waals surface area contributed by atoms with Crippen molar-refractivity contribution >= 4 is 37.8 Å². The number of amides is 1. The first-order valence-corrected chi connectivity index (χ1v) is 4.45. The Labute approximate surface area is 81.0 Å². The maximum atomic E-state index is 10.8. The van der Waals surface area contributed by atoms with E-state index in [1.54, 1.807) is 12.1 Å². The van der Waals surface area contributed by atoms with E-state index in [1.807, 2.05) is 6.07 Å². The molecule has 0 spiro atoms. The van der Waals surface area contributed by atoms with Crippen LogP contribution in [0.25, 0.3) is 0 Å². The number of hydrogen-bond acceptors (Lipinski definition) is 1. The molecule has 0 saturated heterocycles. The molecule has 1 aromatic rings. The summed E-state index contributed by atoms with van der Waals surface area (Å²) in [5.74, 6) is -0.440. The lowest BCUT2D eigenvalue weighted by Gasteiger charge is -2.00. The molecule has 0 saturated carbocycles. The van der Waals surface area contributed by atoms with Gasteiger partial charge in [-0.05, 0) is 44.0 Å². The van der Waals surface area contributed by atoms with Crippen LogP contribution in [0.3, 0.4) is 0 Å². The van der Waals surface area contributed by atoms with Gasteiger partial charge < -0.3 is 5.73 Å². The number of halogens is 2. The first-order valence-electron chi connectivity index (χ1n) is 2.86. The second-order valence-electron chi connectivity index (χ2n) is 1.96. The van der Waals surface area contributed by atoms with Gasteiger partial charge in [0, 0.05) is 8.95 Å². The highest BCUT2D eigenvalue weighted by molar-refractivity contribution is 9.11. The van der Waals surface area contributed by atoms with Gasteiger partial charge in [-0.25, -0.2) is 0 Å². The quantitative estimate of drug-likeness (QED) is 0.842. The number of rotatable bonds is 1. The van der Waals surface area contributed by atoms with Crippen molar-refractivity contribution in [2.24, 2.45) is 5.73 Å². The van der Waals surface area contributed by atoms with E-state index in [1.165, 1.54) is 0 Å². The first kappa shape index (κ1) is 8.74. The lowest BCUT2D eigenvalue weighted by Crippen LogP contribution is -2.12. The molecule has 0 aliphatic rings. The van der Waals surface area contributed by atoms with Crippen molar-refractivity contribution in [2.75, 3.05) is 0 Å². The zero-order chi connectivity index (χ0) is 8.43. The smallest absolute Gasteiger partial charge is 0.250 e. The van der Waals surface area contributed by atoms with Gasteiger partial charge in [-0.2, -0.15) is 0 Å². The predicted octanol–water partition coefficient (Wildman–Crippen LogP) is 2.31. The Morgan fingerprint density at radius 1 is 1.27 bits per heavy atom. The third kappa shape index (κ3) is 1.81. The van der Waals surface area contributed by atoms with Crippen LogP contribution in [0.1, 0.15) is 10.4 Å². The third-order valence-electron chi connectivity index (χ3n) is 1.21. The van der Waals surface area contributed by atoms with E-state index in [-0.39, 0.29) is 0 Å². The monoisotopic (exact) mass is 277 g/mol. The van der Waals surface area contributed by atoms with Gasteiger partial charge in [-0.15, -0.1) is 0 Å². The molecule has 0 aliphatic heterocycles. The van der Waals surface area contributed by atoms with E-state index in [4.69, 9.17) is 5.73 Å². The van der Waals surface area contributed by atoms with Crippen molar-refractivity contribution in [3.05, 3.63) is 32.7 Å². The SMILES string of the molecule is NC(=O)c1c(Br)cccc1Br. The van der Waals surface area contributed by atoms with Crippen molar-refractivity contribution in [3.8, 4) is 0 Å². The van der Waals surface area contributed by atoms with E-state index < -0.39 is 5.91 Å². The van der Waals surface area contributed by atoms with Crippen LogP contribution in [0.4, 0.5) is 0 Å². The molecule has 0 aromatic heterocycles. The molecule has 2 N–H and O–H groups in total. The zero-order valence-electron chi connectivity index (χ0n) is 5.47. The fraction of sp³-hybridized carbons (Fsp3) is 0. The van der Waals surface area contributed by atoms with Crippen LogP contribution < -0.4 is 5.73 Å². The second kappa shape index (κ2) is 3.36. The number of primary amides is 1. The van der Waals surface area contributed by atoms with Crippen LogP contribution in [-0.4, -0.2) is 5.91 Å². The van der Waals surface area contributed by atoms with Crippen molar-refractivity contribution in [1.82, 2.24) is 0 Å². The van der Waals surface area contributed by atoms with E-state index >= 15 is 0 Å². The topological polar surface area (TPSA) is 43.1 Å². The Morgan fingerprint density at radius 3 is 2.00 bits per heavy atom. The molecule has 1 aromatic carbocycles. The Bertz CT molecular complexity index is 278. The van der Waals surface area contributed by atoms with Crippen LogP contribution in [0.2, 0.25) is 0 Å². The van der Waals surface area contributed by atoms with Gasteiger partial charge in [0.25, 0.3) is 5.91 Å². The minimum atomic E-state index is -0.440. The minimum absolute atomic E-state index is 0.440. The average molecular weight is 279 g/mol. The first-order chi connectivity index (χ1) is 5.13. The summed E-state index contributed by atoms with van der Waals surface area (Å²) in [4.78, 5) is 10.8. The standard InChI is InChI=1S/C7H5Br2NO/c8-4-2-1-3-5(9)6(4)7(10)11/h1-3H,(H2,10,11). The molecule has 4 heteroatoms. The molecule has 2 nitrogen and oxygen atoms in total. The molecule has 0 radical (unpaired) electrons. The van der Waals surface area contributed by atoms with E-state index in [0.29, 0.717) is 14.5 Å². The fourth-order valence-corrected chi connectivity index (χ4v) is 2.12. The fourth-order valence-electron chi connectivity index (χ4n) is 0.733. The second-order valence-corrected chi connectivity index (χ2v) is 3.67. The number of carbonyl (C=O) groups excluding carboxylic acids is 1. The van der Waals surface area contributed by atoms with Gasteiger partial charge in [0.2, 0.25) is 0 Å². The van der Waals surface area contributed by atoms with Crippen molar-refractivity contribution < 1.29 is 4.79 Å². The molecule has 0 fully saturated rings. The molecule has 0 heterocycles. The van der Waals surface area contributed by atoms with Gasteiger partial charge >= 0.3 is 0 Å². The maximum absolute atomic E-state index is 10.8. The number of hydrogen-bond donors (Lipinski definition) is 1. The number of nitrogens with two attached hydrogens (primary N) is 1. The summed E-state index contributed by atoms with van der Waals surface area (Å²) in [6.07, 6.45) is 0. The highest BCUT2D eigenvalue weighted by atomic mass is 79.9. The third-order valence-corrected chi connectivity index (χ3v) is 2.53. The lowest BCUT2D eigenvalue weighted by molar-refractivity contribution is 0.0999. The highest BCUT2D eigenvalue weighted by Crippen LogP contribution is 2.24. The van der Waals surface area contributed by atoms with Gasteiger partial charge in [-0.1, -0.05) is 6.07 Å². The molecule has 0 atom stereocenters. The van der Waals surface area contributed by atoms with Gasteiger partial charge in [0.05, 0.1) is 5.56 Å². The zero-order valence-corrected chi connectivity index (χ0v) is 8.65. The summed E-state index contributed by atoms with van der Waals surface area (Å²) in [6.45, 7) is 0. The maximum Gasteiger partial charge on any atom is 0.250 e. The summed E-state index contributed by atoms with van der Waals surface area (Å²) in [7, 11) is 0. The molecule has 1 rings (SSSR count). The van der Waals surface area contributed by atoms with Crippen molar-refractivity contribution in [3.63, 3.8) is 0 Å². The Hall–Kier alpha value is -0.350. The van der Waals surface area contributed by atoms with Crippen LogP contribution in [-0.2, 0) is 0 Å². The Morgan fingerprint density at radius 2 is 1.73 bits per heavy atom. The molecular weight excluding hydrogens is 274 g/mol. The van der Waals surface area contributed by atoms with Crippen molar-refractivity contribution in [1.29, 1.82) is 0 Å². The summed E-state index contributed by atoms with van der Waals surface area (Å²) in [5.41, 5.74) is 5.60. The molecule has 0 aliphatic carbocycles.